The first-order valence-electron chi connectivity index (χ1n) is 4.75. The van der Waals surface area contributed by atoms with Crippen LogP contribution in [0.25, 0.3) is 0 Å². The van der Waals surface area contributed by atoms with Gasteiger partial charge in [-0.15, -0.1) is 0 Å². The molecule has 0 heterocycles. The van der Waals surface area contributed by atoms with Crippen molar-refractivity contribution in [2.45, 2.75) is 39.0 Å². The molecule has 2 aliphatic rings. The molecule has 0 amide bonds. The average molecular weight is 152 g/mol. The molecule has 0 aliphatic heterocycles. The van der Waals surface area contributed by atoms with E-state index in [0.29, 0.717) is 5.78 Å². The van der Waals surface area contributed by atoms with Crippen LogP contribution in [0.1, 0.15) is 39.0 Å². The Kier molecular flexibility index (Phi) is 1.74. The molecule has 0 saturated heterocycles. The van der Waals surface area contributed by atoms with Crippen molar-refractivity contribution < 1.29 is 4.79 Å². The topological polar surface area (TPSA) is 17.1 Å². The highest BCUT2D eigenvalue weighted by molar-refractivity contribution is 5.75. The molecule has 0 aromatic rings. The van der Waals surface area contributed by atoms with E-state index in [4.69, 9.17) is 0 Å². The number of carbonyl (C=O) groups excluding carboxylic acids is 1. The van der Waals surface area contributed by atoms with Gasteiger partial charge in [-0.25, -0.2) is 0 Å². The molecule has 0 radical (unpaired) electrons. The highest BCUT2D eigenvalue weighted by Gasteiger charge is 2.40. The summed E-state index contributed by atoms with van der Waals surface area (Å²) in [6.45, 7) is 1.71. The van der Waals surface area contributed by atoms with Gasteiger partial charge in [-0.05, 0) is 50.4 Å². The standard InChI is InChI=1S/C10H16O/c1-7(11)4-8-5-10(6-8)9-2-3-9/h8-10H,2-6H2,1H3. The van der Waals surface area contributed by atoms with Gasteiger partial charge in [0.2, 0.25) is 0 Å². The minimum Gasteiger partial charge on any atom is -0.300 e. The molecule has 2 aliphatic carbocycles. The maximum atomic E-state index is 10.7. The summed E-state index contributed by atoms with van der Waals surface area (Å²) in [4.78, 5) is 10.7. The first-order chi connectivity index (χ1) is 5.25. The predicted octanol–water partition coefficient (Wildman–Crippen LogP) is 2.40. The Labute approximate surface area is 68.2 Å². The molecule has 0 aromatic heterocycles. The largest absolute Gasteiger partial charge is 0.300 e. The summed E-state index contributed by atoms with van der Waals surface area (Å²) in [5.74, 6) is 3.22. The van der Waals surface area contributed by atoms with E-state index < -0.39 is 0 Å². The Balaban J connectivity index is 1.66. The number of carbonyl (C=O) groups is 1. The molecule has 0 unspecified atom stereocenters. The lowest BCUT2D eigenvalue weighted by Crippen LogP contribution is -2.26. The fraction of sp³-hybridized carbons (Fsp3) is 0.900. The molecule has 1 heteroatoms. The maximum Gasteiger partial charge on any atom is 0.130 e. The molecule has 11 heavy (non-hydrogen) atoms. The van der Waals surface area contributed by atoms with Crippen LogP contribution >= 0.6 is 0 Å². The summed E-state index contributed by atoms with van der Waals surface area (Å²) in [7, 11) is 0. The normalized spacial score (nSPS) is 36.5. The number of rotatable bonds is 3. The molecule has 0 atom stereocenters. The van der Waals surface area contributed by atoms with Crippen LogP contribution < -0.4 is 0 Å². The van der Waals surface area contributed by atoms with Crippen LogP contribution in [-0.4, -0.2) is 5.78 Å². The van der Waals surface area contributed by atoms with E-state index in [-0.39, 0.29) is 0 Å². The van der Waals surface area contributed by atoms with Gasteiger partial charge in [-0.1, -0.05) is 0 Å². The Morgan fingerprint density at radius 2 is 1.91 bits per heavy atom. The number of ketones is 1. The van der Waals surface area contributed by atoms with Crippen molar-refractivity contribution in [3.8, 4) is 0 Å². The first kappa shape index (κ1) is 7.33. The Hall–Kier alpha value is -0.330. The average Bonchev–Trinajstić information content (AvgIpc) is 2.58. The van der Waals surface area contributed by atoms with E-state index in [0.717, 1.165) is 24.2 Å². The predicted molar refractivity (Wildman–Crippen MR) is 44.2 cm³/mol. The lowest BCUT2D eigenvalue weighted by Gasteiger charge is -2.35. The van der Waals surface area contributed by atoms with Crippen LogP contribution in [0.3, 0.4) is 0 Å². The van der Waals surface area contributed by atoms with Gasteiger partial charge in [-0.3, -0.25) is 0 Å². The van der Waals surface area contributed by atoms with Crippen molar-refractivity contribution in [1.29, 1.82) is 0 Å². The summed E-state index contributed by atoms with van der Waals surface area (Å²) in [6, 6.07) is 0. The summed E-state index contributed by atoms with van der Waals surface area (Å²) in [5, 5.41) is 0. The van der Waals surface area contributed by atoms with E-state index in [1.54, 1.807) is 6.92 Å². The highest BCUT2D eigenvalue weighted by atomic mass is 16.1. The van der Waals surface area contributed by atoms with Crippen LogP contribution in [-0.2, 0) is 4.79 Å². The minimum absolute atomic E-state index is 0.379. The molecule has 2 rings (SSSR count). The molecule has 0 aromatic carbocycles. The van der Waals surface area contributed by atoms with Gasteiger partial charge in [-0.2, -0.15) is 0 Å². The smallest absolute Gasteiger partial charge is 0.130 e. The lowest BCUT2D eigenvalue weighted by molar-refractivity contribution is -0.118. The van der Waals surface area contributed by atoms with E-state index in [9.17, 15) is 4.79 Å². The Morgan fingerprint density at radius 3 is 2.36 bits per heavy atom. The summed E-state index contributed by atoms with van der Waals surface area (Å²) in [5.41, 5.74) is 0. The molecule has 1 nitrogen and oxygen atoms in total. The van der Waals surface area contributed by atoms with Crippen molar-refractivity contribution in [3.63, 3.8) is 0 Å². The van der Waals surface area contributed by atoms with Crippen LogP contribution in [0.2, 0.25) is 0 Å². The third kappa shape index (κ3) is 1.63. The van der Waals surface area contributed by atoms with E-state index >= 15 is 0 Å². The van der Waals surface area contributed by atoms with Gasteiger partial charge in [0.1, 0.15) is 5.78 Å². The van der Waals surface area contributed by atoms with E-state index in [2.05, 4.69) is 0 Å². The zero-order chi connectivity index (χ0) is 7.84. The van der Waals surface area contributed by atoms with Gasteiger partial charge in [0, 0.05) is 6.42 Å². The Bertz CT molecular complexity index is 164. The third-order valence-electron chi connectivity index (χ3n) is 3.14. The zero-order valence-corrected chi connectivity index (χ0v) is 7.18. The zero-order valence-electron chi connectivity index (χ0n) is 7.18. The summed E-state index contributed by atoms with van der Waals surface area (Å²) in [6.07, 6.45) is 6.49. The SMILES string of the molecule is CC(=O)CC1CC(C2CC2)C1. The highest BCUT2D eigenvalue weighted by Crippen LogP contribution is 2.50. The first-order valence-corrected chi connectivity index (χ1v) is 4.75. The quantitative estimate of drug-likeness (QED) is 0.607. The minimum atomic E-state index is 0.379. The third-order valence-corrected chi connectivity index (χ3v) is 3.14. The number of hydrogen-bond acceptors (Lipinski definition) is 1. The number of hydrogen-bond donors (Lipinski definition) is 0. The van der Waals surface area contributed by atoms with E-state index in [1.807, 2.05) is 0 Å². The molecule has 62 valence electrons. The molecular formula is C10H16O. The maximum absolute atomic E-state index is 10.7. The van der Waals surface area contributed by atoms with E-state index in [1.165, 1.54) is 25.7 Å². The van der Waals surface area contributed by atoms with Gasteiger partial charge < -0.3 is 4.79 Å². The van der Waals surface area contributed by atoms with Gasteiger partial charge in [0.25, 0.3) is 0 Å². The molecule has 2 saturated carbocycles. The molecule has 2 fully saturated rings. The van der Waals surface area contributed by atoms with Gasteiger partial charge in [0.15, 0.2) is 0 Å². The van der Waals surface area contributed by atoms with Gasteiger partial charge >= 0.3 is 0 Å². The van der Waals surface area contributed by atoms with Crippen LogP contribution in [0.15, 0.2) is 0 Å². The molecule has 0 spiro atoms. The monoisotopic (exact) mass is 152 g/mol. The number of Topliss-reactive ketones (excluding diaryl/α,β-unsaturated/α-hetero) is 1. The van der Waals surface area contributed by atoms with Crippen LogP contribution in [0.4, 0.5) is 0 Å². The second kappa shape index (κ2) is 2.62. The molecule has 0 N–H and O–H groups in total. The van der Waals surface area contributed by atoms with Crippen LogP contribution in [0, 0.1) is 17.8 Å². The Morgan fingerprint density at radius 1 is 1.27 bits per heavy atom. The van der Waals surface area contributed by atoms with Crippen molar-refractivity contribution in [2.24, 2.45) is 17.8 Å². The van der Waals surface area contributed by atoms with Gasteiger partial charge in [0.05, 0.1) is 0 Å². The second-order valence-electron chi connectivity index (χ2n) is 4.34. The second-order valence-corrected chi connectivity index (χ2v) is 4.34. The van der Waals surface area contributed by atoms with Crippen molar-refractivity contribution in [3.05, 3.63) is 0 Å². The fourth-order valence-electron chi connectivity index (χ4n) is 2.31. The lowest BCUT2D eigenvalue weighted by atomic mass is 9.70. The molecular weight excluding hydrogens is 136 g/mol. The fourth-order valence-corrected chi connectivity index (χ4v) is 2.31. The summed E-state index contributed by atoms with van der Waals surface area (Å²) >= 11 is 0. The van der Waals surface area contributed by atoms with Crippen molar-refractivity contribution in [1.82, 2.24) is 0 Å². The van der Waals surface area contributed by atoms with Crippen LogP contribution in [0.5, 0.6) is 0 Å². The van der Waals surface area contributed by atoms with Crippen molar-refractivity contribution in [2.75, 3.05) is 0 Å². The van der Waals surface area contributed by atoms with Crippen molar-refractivity contribution >= 4 is 5.78 Å². The molecule has 0 bridgehead atoms. The summed E-state index contributed by atoms with van der Waals surface area (Å²) < 4.78 is 0.